The van der Waals surface area contributed by atoms with Gasteiger partial charge in [-0.15, -0.1) is 0 Å². The fraction of sp³-hybridized carbons (Fsp3) is 0.589. The van der Waals surface area contributed by atoms with Crippen LogP contribution in [0.25, 0.3) is 27.6 Å². The molecule has 5 amide bonds. The molecule has 5 aliphatic rings. The van der Waals surface area contributed by atoms with Crippen molar-refractivity contribution in [3.05, 3.63) is 58.9 Å². The minimum atomic E-state index is -1.19. The maximum Gasteiger partial charge on any atom is 0.324 e. The van der Waals surface area contributed by atoms with Crippen LogP contribution in [0.4, 0.5) is 0 Å². The van der Waals surface area contributed by atoms with E-state index in [-0.39, 0.29) is 55.8 Å². The number of aromatic nitrogens is 1. The lowest BCUT2D eigenvalue weighted by molar-refractivity contribution is -0.155. The smallest absolute Gasteiger partial charge is 0.324 e. The highest BCUT2D eigenvalue weighted by molar-refractivity contribution is 5.96. The molecule has 0 spiro atoms. The zero-order valence-corrected chi connectivity index (χ0v) is 44.9. The first kappa shape index (κ1) is 54.2. The lowest BCUT2D eigenvalue weighted by Gasteiger charge is -2.37. The van der Waals surface area contributed by atoms with Gasteiger partial charge in [-0.1, -0.05) is 39.8 Å². The number of hydrazine groups is 1. The van der Waals surface area contributed by atoms with Crippen LogP contribution in [-0.2, 0) is 57.6 Å². The van der Waals surface area contributed by atoms with E-state index < -0.39 is 53.1 Å². The fourth-order valence-corrected chi connectivity index (χ4v) is 11.4. The molecule has 3 fully saturated rings. The van der Waals surface area contributed by atoms with Crippen molar-refractivity contribution in [3.8, 4) is 16.9 Å². The highest BCUT2D eigenvalue weighted by atomic mass is 16.5. The topological polar surface area (TPSA) is 198 Å². The van der Waals surface area contributed by atoms with E-state index in [4.69, 9.17) is 14.5 Å². The minimum Gasteiger partial charge on any atom is -0.508 e. The number of likely N-dealkylation sites (N-methyl/N-ethyl adjacent to an activating group) is 2. The molecule has 6 heterocycles. The number of hydrogen-bond acceptors (Lipinski definition) is 12. The Morgan fingerprint density at radius 3 is 2.51 bits per heavy atom. The standard InChI is InChI=1S/C56H77N9O9/c1-10-64-45-19-18-37-29-41(45)42(51(64)40-15-11-20-57-49(40)35(4)73-9)30-56(5,6)33-74-55(72)43-16-12-24-65(59-43)53(70)44(27-36-25-38(37)28-39(66)26-36)58-52(69)50(34(2)3)61(8)48(68)32-60(7)54(71)46-31-63(46)23-14-22-62-21-13-17-47(62)67/h18-20,25-26,28-29,34-35,43-44,46,50,59,66H,10-17,21-24,27,30-33H2,1-9H3,(H,58,69)/t35-,43-,44-,46-,50-,63?/m0/s1. The molecule has 5 aliphatic heterocycles. The number of rotatable bonds is 15. The van der Waals surface area contributed by atoms with Crippen LogP contribution in [0.5, 0.6) is 5.75 Å². The summed E-state index contributed by atoms with van der Waals surface area (Å²) in [6, 6.07) is 8.11. The van der Waals surface area contributed by atoms with E-state index in [1.165, 1.54) is 21.9 Å². The summed E-state index contributed by atoms with van der Waals surface area (Å²) in [6.07, 6.45) is 6.97. The lowest BCUT2D eigenvalue weighted by atomic mass is 9.83. The second kappa shape index (κ2) is 22.8. The van der Waals surface area contributed by atoms with Gasteiger partial charge in [0.05, 0.1) is 30.6 Å². The van der Waals surface area contributed by atoms with Gasteiger partial charge in [0, 0.05) is 101 Å². The van der Waals surface area contributed by atoms with Crippen molar-refractivity contribution in [3.63, 3.8) is 0 Å². The Hall–Kier alpha value is -6.11. The quantitative estimate of drug-likeness (QED) is 0.138. The summed E-state index contributed by atoms with van der Waals surface area (Å²) in [5.74, 6) is -2.42. The SMILES string of the molecule is CCn1c(C2=C([C@H](C)OC)N=CCC2)c2c3cc(ccc31)-c1cc(O)cc(c1)C[C@H](NC(=O)[C@H](C(C)C)N(C)C(=O)CN(C)C(=O)[C@@H]1CN1CCCN1CCCC1=O)C(=O)N1CCC[C@H](N1)C(=O)OCC(C)(C)C2. The zero-order chi connectivity index (χ0) is 53.2. The number of fused-ring (bicyclic) bond motifs is 6. The van der Waals surface area contributed by atoms with Crippen LogP contribution in [0.1, 0.15) is 103 Å². The molecule has 74 heavy (non-hydrogen) atoms. The number of benzene rings is 2. The summed E-state index contributed by atoms with van der Waals surface area (Å²) in [5.41, 5.74) is 9.95. The number of ether oxygens (including phenoxy) is 2. The Labute approximate surface area is 435 Å². The first-order valence-electron chi connectivity index (χ1n) is 26.6. The number of likely N-dealkylation sites (tertiary alicyclic amines) is 1. The molecular formula is C56H77N9O9. The summed E-state index contributed by atoms with van der Waals surface area (Å²) in [7, 11) is 4.80. The van der Waals surface area contributed by atoms with Crippen LogP contribution in [0.2, 0.25) is 0 Å². The summed E-state index contributed by atoms with van der Waals surface area (Å²) < 4.78 is 14.3. The van der Waals surface area contributed by atoms with Crippen LogP contribution < -0.4 is 10.7 Å². The van der Waals surface area contributed by atoms with Gasteiger partial charge in [0.1, 0.15) is 29.9 Å². The zero-order valence-electron chi connectivity index (χ0n) is 44.9. The predicted octanol–water partition coefficient (Wildman–Crippen LogP) is 4.93. The Kier molecular flexibility index (Phi) is 16.7. The van der Waals surface area contributed by atoms with Crippen LogP contribution >= 0.6 is 0 Å². The number of amides is 5. The third-order valence-corrected chi connectivity index (χ3v) is 15.4. The van der Waals surface area contributed by atoms with Crippen molar-refractivity contribution in [2.45, 2.75) is 136 Å². The number of hydrogen-bond donors (Lipinski definition) is 3. The molecule has 3 N–H and O–H groups in total. The van der Waals surface area contributed by atoms with Crippen molar-refractivity contribution < 1.29 is 43.3 Å². The number of aromatic hydroxyl groups is 1. The summed E-state index contributed by atoms with van der Waals surface area (Å²) >= 11 is 0. The number of allylic oxidation sites excluding steroid dienone is 1. The second-order valence-electron chi connectivity index (χ2n) is 22.0. The molecular weight excluding hydrogens is 943 g/mol. The van der Waals surface area contributed by atoms with Crippen LogP contribution in [0.3, 0.4) is 0 Å². The van der Waals surface area contributed by atoms with Gasteiger partial charge in [-0.2, -0.15) is 0 Å². The summed E-state index contributed by atoms with van der Waals surface area (Å²) in [6.45, 7) is 15.5. The molecule has 3 aromatic rings. The molecule has 1 unspecified atom stereocenters. The number of carbonyl (C=O) groups is 6. The average Bonchev–Trinajstić information content (AvgIpc) is 3.93. The number of aliphatic imine (C=N–C) groups is 1. The number of esters is 1. The highest BCUT2D eigenvalue weighted by Gasteiger charge is 2.43. The lowest BCUT2D eigenvalue weighted by Crippen LogP contribution is -2.62. The molecule has 18 nitrogen and oxygen atoms in total. The largest absolute Gasteiger partial charge is 0.508 e. The number of carbonyl (C=O) groups excluding carboxylic acids is 6. The number of nitrogens with zero attached hydrogens (tertiary/aromatic N) is 7. The van der Waals surface area contributed by atoms with E-state index in [0.717, 1.165) is 71.2 Å². The average molecular weight is 1020 g/mol. The van der Waals surface area contributed by atoms with Crippen molar-refractivity contribution >= 4 is 58.2 Å². The maximum absolute atomic E-state index is 14.8. The first-order valence-corrected chi connectivity index (χ1v) is 26.6. The number of nitrogens with one attached hydrogen (secondary N) is 2. The number of methoxy groups -OCH3 is 1. The molecule has 0 saturated carbocycles. The fourth-order valence-electron chi connectivity index (χ4n) is 11.4. The van der Waals surface area contributed by atoms with E-state index in [0.29, 0.717) is 63.0 Å². The second-order valence-corrected chi connectivity index (χ2v) is 22.0. The van der Waals surface area contributed by atoms with Crippen molar-refractivity contribution in [1.29, 1.82) is 0 Å². The van der Waals surface area contributed by atoms with Gasteiger partial charge in [0.15, 0.2) is 0 Å². The monoisotopic (exact) mass is 1020 g/mol. The number of phenolic OH excluding ortho intramolecular Hbond substituents is 1. The molecule has 2 aromatic carbocycles. The molecule has 0 radical (unpaired) electrons. The van der Waals surface area contributed by atoms with Gasteiger partial charge in [-0.3, -0.25) is 43.7 Å². The van der Waals surface area contributed by atoms with Gasteiger partial charge < -0.3 is 39.2 Å². The third-order valence-electron chi connectivity index (χ3n) is 15.4. The number of aryl methyl sites for hydroxylation is 1. The first-order chi connectivity index (χ1) is 35.3. The van der Waals surface area contributed by atoms with Gasteiger partial charge >= 0.3 is 5.97 Å². The van der Waals surface area contributed by atoms with Crippen LogP contribution in [0, 0.1) is 11.3 Å². The summed E-state index contributed by atoms with van der Waals surface area (Å²) in [5, 5.41) is 16.8. The van der Waals surface area contributed by atoms with Gasteiger partial charge in [-0.25, -0.2) is 5.43 Å². The molecule has 0 aliphatic carbocycles. The molecule has 6 bridgehead atoms. The summed E-state index contributed by atoms with van der Waals surface area (Å²) in [4.78, 5) is 94.4. The van der Waals surface area contributed by atoms with Gasteiger partial charge in [-0.05, 0) is 111 Å². The van der Waals surface area contributed by atoms with E-state index in [1.807, 2.05) is 48.9 Å². The van der Waals surface area contributed by atoms with Crippen molar-refractivity contribution in [2.24, 2.45) is 16.3 Å². The number of cyclic esters (lactones) is 1. The molecule has 400 valence electrons. The van der Waals surface area contributed by atoms with E-state index >= 15 is 0 Å². The number of phenols is 1. The van der Waals surface area contributed by atoms with Crippen LogP contribution in [0.15, 0.2) is 47.1 Å². The Morgan fingerprint density at radius 1 is 1.01 bits per heavy atom. The Bertz CT molecular complexity index is 2710. The molecule has 1 aromatic heterocycles. The Balaban J connectivity index is 1.08. The van der Waals surface area contributed by atoms with Gasteiger partial charge in [0.2, 0.25) is 23.6 Å². The van der Waals surface area contributed by atoms with Crippen molar-refractivity contribution in [2.75, 3.05) is 67.1 Å². The predicted molar refractivity (Wildman–Crippen MR) is 283 cm³/mol. The van der Waals surface area contributed by atoms with Crippen LogP contribution in [-0.4, -0.2) is 173 Å². The van der Waals surface area contributed by atoms with E-state index in [2.05, 4.69) is 48.2 Å². The third kappa shape index (κ3) is 11.9. The molecule has 8 rings (SSSR count). The minimum absolute atomic E-state index is 0.0167. The highest BCUT2D eigenvalue weighted by Crippen LogP contribution is 2.42. The molecule has 6 atom stereocenters. The van der Waals surface area contributed by atoms with Crippen molar-refractivity contribution in [1.82, 2.24) is 39.9 Å². The van der Waals surface area contributed by atoms with E-state index in [1.54, 1.807) is 26.3 Å². The molecule has 3 saturated heterocycles. The van der Waals surface area contributed by atoms with Gasteiger partial charge in [0.25, 0.3) is 5.91 Å². The normalized spacial score (nSPS) is 22.9. The maximum atomic E-state index is 14.8. The Morgan fingerprint density at radius 2 is 1.80 bits per heavy atom. The molecule has 18 heteroatoms. The van der Waals surface area contributed by atoms with E-state index in [9.17, 15) is 33.9 Å².